The molecule has 0 amide bonds. The van der Waals surface area contributed by atoms with E-state index in [0.29, 0.717) is 0 Å². The summed E-state index contributed by atoms with van der Waals surface area (Å²) < 4.78 is 11.7. The summed E-state index contributed by atoms with van der Waals surface area (Å²) >= 11 is 0. The Hall–Kier alpha value is -0.353. The van der Waals surface area contributed by atoms with Gasteiger partial charge in [-0.15, -0.1) is 0 Å². The normalized spacial score (nSPS) is 13.2. The highest BCUT2D eigenvalue weighted by Gasteiger charge is 2.28. The van der Waals surface area contributed by atoms with E-state index in [1.807, 2.05) is 0 Å². The second kappa shape index (κ2) is 11.3. The van der Waals surface area contributed by atoms with Crippen LogP contribution >= 0.6 is 0 Å². The fraction of sp³-hybridized carbons (Fsp3) is 0.938. The molecular formula is C16H34O3Si. The van der Waals surface area contributed by atoms with Crippen LogP contribution in [0.2, 0.25) is 18.1 Å². The first-order chi connectivity index (χ1) is 9.53. The quantitative estimate of drug-likeness (QED) is 0.292. The molecule has 3 nitrogen and oxygen atoms in total. The molecule has 0 heterocycles. The van der Waals surface area contributed by atoms with E-state index in [1.54, 1.807) is 0 Å². The summed E-state index contributed by atoms with van der Waals surface area (Å²) in [5.41, 5.74) is 0. The van der Waals surface area contributed by atoms with Gasteiger partial charge in [0.15, 0.2) is 8.32 Å². The highest BCUT2D eigenvalue weighted by molar-refractivity contribution is 6.73. The van der Waals surface area contributed by atoms with E-state index in [2.05, 4.69) is 27.7 Å². The van der Waals surface area contributed by atoms with Crippen molar-refractivity contribution < 1.29 is 14.0 Å². The first-order valence-corrected chi connectivity index (χ1v) is 10.9. The Morgan fingerprint density at radius 3 is 2.05 bits per heavy atom. The molecule has 20 heavy (non-hydrogen) atoms. The van der Waals surface area contributed by atoms with Gasteiger partial charge in [0.25, 0.3) is 0 Å². The summed E-state index contributed by atoms with van der Waals surface area (Å²) in [5.74, 6) is -0.170. The van der Waals surface area contributed by atoms with Gasteiger partial charge in [-0.25, -0.2) is 0 Å². The molecule has 0 saturated heterocycles. The van der Waals surface area contributed by atoms with Crippen LogP contribution in [0.25, 0.3) is 0 Å². The van der Waals surface area contributed by atoms with Crippen LogP contribution < -0.4 is 0 Å². The van der Waals surface area contributed by atoms with E-state index in [1.165, 1.54) is 37.9 Å². The molecule has 4 heteroatoms. The largest absolute Gasteiger partial charge is 0.462 e. The van der Waals surface area contributed by atoms with Gasteiger partial charge in [0.1, 0.15) is 6.10 Å². The maximum atomic E-state index is 11.2. The molecule has 0 aliphatic carbocycles. The molecule has 0 aromatic rings. The molecule has 1 atom stereocenters. The van der Waals surface area contributed by atoms with Gasteiger partial charge >= 0.3 is 5.97 Å². The monoisotopic (exact) mass is 302 g/mol. The van der Waals surface area contributed by atoms with Crippen molar-refractivity contribution in [1.29, 1.82) is 0 Å². The van der Waals surface area contributed by atoms with E-state index < -0.39 is 8.32 Å². The second-order valence-corrected chi connectivity index (χ2v) is 10.4. The molecule has 0 aromatic carbocycles. The molecule has 0 N–H and O–H groups in total. The van der Waals surface area contributed by atoms with Crippen molar-refractivity contribution in [2.24, 2.45) is 0 Å². The van der Waals surface area contributed by atoms with Gasteiger partial charge in [-0.2, -0.15) is 0 Å². The molecule has 0 aliphatic rings. The lowest BCUT2D eigenvalue weighted by Gasteiger charge is -2.29. The SMILES string of the molecule is CCCCC[C@H](CCO[Si](CC)(CC)CC)OC(C)=O. The Bertz CT molecular complexity index is 244. The van der Waals surface area contributed by atoms with Crippen molar-refractivity contribution in [2.75, 3.05) is 6.61 Å². The van der Waals surface area contributed by atoms with E-state index >= 15 is 0 Å². The van der Waals surface area contributed by atoms with Gasteiger partial charge < -0.3 is 9.16 Å². The molecule has 0 aliphatic heterocycles. The van der Waals surface area contributed by atoms with Crippen molar-refractivity contribution >= 4 is 14.3 Å². The maximum Gasteiger partial charge on any atom is 0.302 e. The maximum absolute atomic E-state index is 11.2. The molecule has 0 fully saturated rings. The topological polar surface area (TPSA) is 35.5 Å². The molecule has 0 radical (unpaired) electrons. The number of hydrogen-bond acceptors (Lipinski definition) is 3. The number of ether oxygens (including phenoxy) is 1. The number of carbonyl (C=O) groups excluding carboxylic acids is 1. The van der Waals surface area contributed by atoms with Crippen molar-refractivity contribution in [3.05, 3.63) is 0 Å². The van der Waals surface area contributed by atoms with Crippen molar-refractivity contribution in [1.82, 2.24) is 0 Å². The Morgan fingerprint density at radius 2 is 1.60 bits per heavy atom. The van der Waals surface area contributed by atoms with Crippen LogP contribution in [0.3, 0.4) is 0 Å². The third-order valence-corrected chi connectivity index (χ3v) is 8.93. The van der Waals surface area contributed by atoms with Crippen LogP contribution in [0, 0.1) is 0 Å². The predicted octanol–water partition coefficient (Wildman–Crippen LogP) is 4.91. The Balaban J connectivity index is 4.19. The summed E-state index contributed by atoms with van der Waals surface area (Å²) in [6, 6.07) is 3.52. The minimum Gasteiger partial charge on any atom is -0.462 e. The lowest BCUT2D eigenvalue weighted by atomic mass is 10.1. The van der Waals surface area contributed by atoms with E-state index in [4.69, 9.17) is 9.16 Å². The minimum absolute atomic E-state index is 0.0383. The molecule has 0 rings (SSSR count). The fourth-order valence-corrected chi connectivity index (χ4v) is 5.25. The zero-order valence-corrected chi connectivity index (χ0v) is 15.2. The summed E-state index contributed by atoms with van der Waals surface area (Å²) in [5, 5.41) is 0. The lowest BCUT2D eigenvalue weighted by Crippen LogP contribution is -2.36. The molecular weight excluding hydrogens is 268 g/mol. The number of unbranched alkanes of at least 4 members (excludes halogenated alkanes) is 2. The van der Waals surface area contributed by atoms with Crippen LogP contribution in [0.5, 0.6) is 0 Å². The van der Waals surface area contributed by atoms with E-state index in [9.17, 15) is 4.79 Å². The van der Waals surface area contributed by atoms with Crippen LogP contribution in [-0.4, -0.2) is 27.0 Å². The zero-order chi connectivity index (χ0) is 15.4. The Kier molecular flexibility index (Phi) is 11.1. The predicted molar refractivity (Wildman–Crippen MR) is 87.5 cm³/mol. The molecule has 0 saturated carbocycles. The second-order valence-electron chi connectivity index (χ2n) is 5.61. The van der Waals surface area contributed by atoms with Crippen LogP contribution in [0.4, 0.5) is 0 Å². The third-order valence-electron chi connectivity index (χ3n) is 4.24. The Morgan fingerprint density at radius 1 is 1.00 bits per heavy atom. The minimum atomic E-state index is -1.50. The third kappa shape index (κ3) is 8.05. The zero-order valence-electron chi connectivity index (χ0n) is 14.2. The summed E-state index contributed by atoms with van der Waals surface area (Å²) in [6.07, 6.45) is 5.38. The van der Waals surface area contributed by atoms with Gasteiger partial charge in [-0.05, 0) is 31.0 Å². The first-order valence-electron chi connectivity index (χ1n) is 8.34. The van der Waals surface area contributed by atoms with Crippen molar-refractivity contribution in [3.8, 4) is 0 Å². The first kappa shape index (κ1) is 19.6. The highest BCUT2D eigenvalue weighted by atomic mass is 28.4. The lowest BCUT2D eigenvalue weighted by molar-refractivity contribution is -0.147. The van der Waals surface area contributed by atoms with E-state index in [0.717, 1.165) is 25.9 Å². The van der Waals surface area contributed by atoms with Crippen molar-refractivity contribution in [2.45, 2.75) is 91.0 Å². The van der Waals surface area contributed by atoms with E-state index in [-0.39, 0.29) is 12.1 Å². The number of hydrogen-bond donors (Lipinski definition) is 0. The van der Waals surface area contributed by atoms with Gasteiger partial charge in [0.2, 0.25) is 0 Å². The molecule has 0 bridgehead atoms. The standard InChI is InChI=1S/C16H34O3Si/c1-6-10-11-12-16(19-15(5)17)13-14-18-20(7-2,8-3)9-4/h16H,6-14H2,1-5H3/t16-/m1/s1. The van der Waals surface area contributed by atoms with Crippen LogP contribution in [0.1, 0.15) is 66.7 Å². The van der Waals surface area contributed by atoms with Gasteiger partial charge in [-0.3, -0.25) is 4.79 Å². The smallest absolute Gasteiger partial charge is 0.302 e. The average molecular weight is 303 g/mol. The van der Waals surface area contributed by atoms with Crippen LogP contribution in [0.15, 0.2) is 0 Å². The van der Waals surface area contributed by atoms with Gasteiger partial charge in [-0.1, -0.05) is 40.5 Å². The summed E-state index contributed by atoms with van der Waals surface area (Å²) in [6.45, 7) is 11.1. The summed E-state index contributed by atoms with van der Waals surface area (Å²) in [7, 11) is -1.50. The Labute approximate surface area is 126 Å². The molecule has 0 aromatic heterocycles. The highest BCUT2D eigenvalue weighted by Crippen LogP contribution is 2.22. The van der Waals surface area contributed by atoms with Gasteiger partial charge in [0, 0.05) is 20.0 Å². The fourth-order valence-electron chi connectivity index (χ4n) is 2.58. The number of esters is 1. The summed E-state index contributed by atoms with van der Waals surface area (Å²) in [4.78, 5) is 11.2. The van der Waals surface area contributed by atoms with Crippen LogP contribution in [-0.2, 0) is 14.0 Å². The molecule has 0 unspecified atom stereocenters. The molecule has 120 valence electrons. The van der Waals surface area contributed by atoms with Gasteiger partial charge in [0.05, 0.1) is 0 Å². The molecule has 0 spiro atoms. The van der Waals surface area contributed by atoms with Crippen molar-refractivity contribution in [3.63, 3.8) is 0 Å². The average Bonchev–Trinajstić information content (AvgIpc) is 2.43. The number of rotatable bonds is 12. The number of carbonyl (C=O) groups is 1.